The van der Waals surface area contributed by atoms with Gasteiger partial charge in [-0.15, -0.1) is 0 Å². The van der Waals surface area contributed by atoms with Crippen molar-refractivity contribution >= 4 is 0 Å². The van der Waals surface area contributed by atoms with Crippen LogP contribution in [0.25, 0.3) is 0 Å². The van der Waals surface area contributed by atoms with E-state index in [1.54, 1.807) is 25.6 Å². The molecule has 0 aromatic carbocycles. The maximum absolute atomic E-state index is 10.2. The first-order chi connectivity index (χ1) is 8.74. The van der Waals surface area contributed by atoms with E-state index in [4.69, 9.17) is 4.74 Å². The molecule has 18 heavy (non-hydrogen) atoms. The molecular formula is C13H17N3O2. The van der Waals surface area contributed by atoms with Crippen LogP contribution in [0, 0.1) is 0 Å². The number of hydrogen-bond donors (Lipinski definition) is 1. The second kappa shape index (κ2) is 5.64. The highest BCUT2D eigenvalue weighted by Gasteiger charge is 2.15. The maximum atomic E-state index is 10.2. The van der Waals surface area contributed by atoms with Gasteiger partial charge in [-0.05, 0) is 24.6 Å². The molecule has 1 atom stereocenters. The quantitative estimate of drug-likeness (QED) is 0.871. The molecule has 0 saturated heterocycles. The number of hydrogen-bond acceptors (Lipinski definition) is 4. The number of rotatable bonds is 5. The van der Waals surface area contributed by atoms with E-state index in [1.165, 1.54) is 0 Å². The van der Waals surface area contributed by atoms with E-state index in [9.17, 15) is 5.11 Å². The molecule has 0 aliphatic rings. The summed E-state index contributed by atoms with van der Waals surface area (Å²) in [4.78, 5) is 4.08. The van der Waals surface area contributed by atoms with Crippen LogP contribution < -0.4 is 4.74 Å². The monoisotopic (exact) mass is 247 g/mol. The van der Waals surface area contributed by atoms with Crippen LogP contribution in [0.15, 0.2) is 30.7 Å². The number of aliphatic hydroxyl groups is 1. The van der Waals surface area contributed by atoms with Crippen molar-refractivity contribution < 1.29 is 9.84 Å². The van der Waals surface area contributed by atoms with Crippen LogP contribution in [0.2, 0.25) is 0 Å². The Hall–Kier alpha value is -1.88. The van der Waals surface area contributed by atoms with Crippen molar-refractivity contribution in [3.8, 4) is 5.88 Å². The van der Waals surface area contributed by atoms with Gasteiger partial charge in [-0.1, -0.05) is 0 Å². The molecule has 0 saturated carbocycles. The van der Waals surface area contributed by atoms with Crippen LogP contribution >= 0.6 is 0 Å². The number of aliphatic hydroxyl groups excluding tert-OH is 1. The number of nitrogens with zero attached hydrogens (tertiary/aromatic N) is 3. The zero-order chi connectivity index (χ0) is 13.0. The first-order valence-corrected chi connectivity index (χ1v) is 5.93. The average molecular weight is 247 g/mol. The Balaban J connectivity index is 2.13. The predicted molar refractivity (Wildman–Crippen MR) is 67.4 cm³/mol. The molecule has 2 rings (SSSR count). The lowest BCUT2D eigenvalue weighted by Gasteiger charge is -2.12. The molecule has 1 unspecified atom stereocenters. The van der Waals surface area contributed by atoms with Gasteiger partial charge in [0.2, 0.25) is 5.88 Å². The van der Waals surface area contributed by atoms with Gasteiger partial charge in [-0.2, -0.15) is 5.10 Å². The summed E-state index contributed by atoms with van der Waals surface area (Å²) >= 11 is 0. The molecule has 0 aliphatic heterocycles. The number of aromatic nitrogens is 3. The number of ether oxygens (including phenoxy) is 1. The van der Waals surface area contributed by atoms with Gasteiger partial charge in [0.1, 0.15) is 0 Å². The molecule has 0 fully saturated rings. The Kier molecular flexibility index (Phi) is 3.94. The summed E-state index contributed by atoms with van der Waals surface area (Å²) in [5.41, 5.74) is 1.69. The largest absolute Gasteiger partial charge is 0.481 e. The molecule has 0 spiro atoms. The Labute approximate surface area is 106 Å². The third-order valence-corrected chi connectivity index (χ3v) is 2.79. The van der Waals surface area contributed by atoms with E-state index >= 15 is 0 Å². The standard InChI is InChI=1S/C13H17N3O2/c1-3-16-9-10(8-15-16)7-12(17)11-5-4-6-14-13(11)18-2/h4-6,8-9,12,17H,3,7H2,1-2H3. The van der Waals surface area contributed by atoms with Crippen molar-refractivity contribution in [3.63, 3.8) is 0 Å². The Morgan fingerprint density at radius 1 is 1.50 bits per heavy atom. The van der Waals surface area contributed by atoms with Crippen LogP contribution in [0.4, 0.5) is 0 Å². The summed E-state index contributed by atoms with van der Waals surface area (Å²) in [6.45, 7) is 2.85. The number of aryl methyl sites for hydroxylation is 1. The van der Waals surface area contributed by atoms with Gasteiger partial charge in [0.05, 0.1) is 19.4 Å². The van der Waals surface area contributed by atoms with Gasteiger partial charge < -0.3 is 9.84 Å². The Morgan fingerprint density at radius 3 is 3.00 bits per heavy atom. The first kappa shape index (κ1) is 12.6. The van der Waals surface area contributed by atoms with Crippen molar-refractivity contribution in [2.24, 2.45) is 0 Å². The topological polar surface area (TPSA) is 60.2 Å². The second-order valence-electron chi connectivity index (χ2n) is 4.03. The number of methoxy groups -OCH3 is 1. The molecule has 5 nitrogen and oxygen atoms in total. The fourth-order valence-corrected chi connectivity index (χ4v) is 1.85. The fourth-order valence-electron chi connectivity index (χ4n) is 1.85. The van der Waals surface area contributed by atoms with Gasteiger partial charge in [0.15, 0.2) is 0 Å². The maximum Gasteiger partial charge on any atom is 0.218 e. The minimum Gasteiger partial charge on any atom is -0.481 e. The van der Waals surface area contributed by atoms with Crippen LogP contribution in [-0.4, -0.2) is 27.0 Å². The molecule has 5 heteroatoms. The number of pyridine rings is 1. The zero-order valence-corrected chi connectivity index (χ0v) is 10.6. The summed E-state index contributed by atoms with van der Waals surface area (Å²) in [7, 11) is 1.55. The summed E-state index contributed by atoms with van der Waals surface area (Å²) in [6.07, 6.45) is 5.22. The average Bonchev–Trinajstić information content (AvgIpc) is 2.86. The second-order valence-corrected chi connectivity index (χ2v) is 4.03. The zero-order valence-electron chi connectivity index (χ0n) is 10.6. The summed E-state index contributed by atoms with van der Waals surface area (Å²) < 4.78 is 6.97. The van der Waals surface area contributed by atoms with E-state index in [-0.39, 0.29) is 0 Å². The summed E-state index contributed by atoms with van der Waals surface area (Å²) in [5.74, 6) is 0.466. The molecule has 0 radical (unpaired) electrons. The predicted octanol–water partition coefficient (Wildman–Crippen LogP) is 1.58. The van der Waals surface area contributed by atoms with Crippen molar-refractivity contribution in [3.05, 3.63) is 41.9 Å². The van der Waals surface area contributed by atoms with E-state index in [2.05, 4.69) is 10.1 Å². The molecule has 2 heterocycles. The lowest BCUT2D eigenvalue weighted by Crippen LogP contribution is -2.04. The van der Waals surface area contributed by atoms with E-state index in [0.29, 0.717) is 17.9 Å². The molecule has 96 valence electrons. The normalized spacial score (nSPS) is 12.4. The third-order valence-electron chi connectivity index (χ3n) is 2.79. The van der Waals surface area contributed by atoms with Crippen LogP contribution in [0.1, 0.15) is 24.2 Å². The van der Waals surface area contributed by atoms with Gasteiger partial charge in [-0.3, -0.25) is 4.68 Å². The van der Waals surface area contributed by atoms with Crippen LogP contribution in [0.3, 0.4) is 0 Å². The van der Waals surface area contributed by atoms with Crippen molar-refractivity contribution in [2.75, 3.05) is 7.11 Å². The molecule has 0 bridgehead atoms. The minimum absolute atomic E-state index is 0.466. The first-order valence-electron chi connectivity index (χ1n) is 5.93. The van der Waals surface area contributed by atoms with Gasteiger partial charge >= 0.3 is 0 Å². The highest BCUT2D eigenvalue weighted by Crippen LogP contribution is 2.24. The van der Waals surface area contributed by atoms with Gasteiger partial charge in [0.25, 0.3) is 0 Å². The van der Waals surface area contributed by atoms with Gasteiger partial charge in [0, 0.05) is 30.9 Å². The Morgan fingerprint density at radius 2 is 2.33 bits per heavy atom. The highest BCUT2D eigenvalue weighted by atomic mass is 16.5. The van der Waals surface area contributed by atoms with Gasteiger partial charge in [-0.25, -0.2) is 4.98 Å². The van der Waals surface area contributed by atoms with Crippen molar-refractivity contribution in [1.82, 2.24) is 14.8 Å². The van der Waals surface area contributed by atoms with E-state index in [0.717, 1.165) is 12.1 Å². The van der Waals surface area contributed by atoms with E-state index in [1.807, 2.05) is 23.9 Å². The lowest BCUT2D eigenvalue weighted by atomic mass is 10.1. The van der Waals surface area contributed by atoms with Crippen LogP contribution in [0.5, 0.6) is 5.88 Å². The molecular weight excluding hydrogens is 230 g/mol. The minimum atomic E-state index is -0.636. The molecule has 2 aromatic rings. The van der Waals surface area contributed by atoms with Crippen LogP contribution in [-0.2, 0) is 13.0 Å². The third kappa shape index (κ3) is 2.68. The Bertz CT molecular complexity index is 510. The fraction of sp³-hybridized carbons (Fsp3) is 0.385. The van der Waals surface area contributed by atoms with Crippen molar-refractivity contribution in [1.29, 1.82) is 0 Å². The lowest BCUT2D eigenvalue weighted by molar-refractivity contribution is 0.173. The summed E-state index contributed by atoms with van der Waals surface area (Å²) in [6, 6.07) is 3.61. The molecule has 2 aromatic heterocycles. The summed E-state index contributed by atoms with van der Waals surface area (Å²) in [5, 5.41) is 14.4. The van der Waals surface area contributed by atoms with E-state index < -0.39 is 6.10 Å². The molecule has 1 N–H and O–H groups in total. The SMILES string of the molecule is CCn1cc(CC(O)c2cccnc2OC)cn1. The molecule has 0 aliphatic carbocycles. The van der Waals surface area contributed by atoms with Crippen molar-refractivity contribution in [2.45, 2.75) is 26.0 Å². The smallest absolute Gasteiger partial charge is 0.218 e. The molecule has 0 amide bonds. The highest BCUT2D eigenvalue weighted by molar-refractivity contribution is 5.29.